The largest absolute Gasteiger partial charge is 0.319 e. The van der Waals surface area contributed by atoms with Gasteiger partial charge in [-0.05, 0) is 49.1 Å². The van der Waals surface area contributed by atoms with Crippen molar-refractivity contribution in [1.29, 1.82) is 0 Å². The van der Waals surface area contributed by atoms with E-state index in [0.717, 1.165) is 27.9 Å². The van der Waals surface area contributed by atoms with Crippen LogP contribution in [0.4, 0.5) is 0 Å². The number of nitrogens with zero attached hydrogens (tertiary/aromatic N) is 2. The second-order valence-corrected chi connectivity index (χ2v) is 7.22. The summed E-state index contributed by atoms with van der Waals surface area (Å²) in [5, 5.41) is 0. The van der Waals surface area contributed by atoms with E-state index >= 15 is 0 Å². The third-order valence-electron chi connectivity index (χ3n) is 4.34. The van der Waals surface area contributed by atoms with E-state index < -0.39 is 0 Å². The Morgan fingerprint density at radius 3 is 2.67 bits per heavy atom. The van der Waals surface area contributed by atoms with Crippen molar-refractivity contribution < 1.29 is 4.79 Å². The predicted octanol–water partition coefficient (Wildman–Crippen LogP) is 4.09. The van der Waals surface area contributed by atoms with Crippen LogP contribution in [-0.2, 0) is 24.7 Å². The number of aromatic nitrogens is 1. The van der Waals surface area contributed by atoms with Crippen molar-refractivity contribution in [3.05, 3.63) is 63.5 Å². The number of hydrogen-bond donors (Lipinski definition) is 0. The lowest BCUT2D eigenvalue weighted by Crippen LogP contribution is -2.14. The summed E-state index contributed by atoms with van der Waals surface area (Å²) in [4.78, 5) is 17.5. The number of fused-ring (bicyclic) bond motifs is 1. The maximum Gasteiger partial charge on any atom is 0.252 e. The molecule has 0 saturated heterocycles. The molecule has 0 atom stereocenters. The summed E-state index contributed by atoms with van der Waals surface area (Å²) in [6, 6.07) is 12.6. The van der Waals surface area contributed by atoms with Crippen LogP contribution in [0.5, 0.6) is 0 Å². The zero-order chi connectivity index (χ0) is 17.3. The van der Waals surface area contributed by atoms with E-state index in [9.17, 15) is 4.79 Å². The summed E-state index contributed by atoms with van der Waals surface area (Å²) < 4.78 is 3.18. The molecule has 2 aromatic carbocycles. The van der Waals surface area contributed by atoms with Crippen LogP contribution >= 0.6 is 11.3 Å². The molecule has 0 saturated carbocycles. The number of aryl methyl sites for hydroxylation is 4. The van der Waals surface area contributed by atoms with Crippen LogP contribution in [0.2, 0.25) is 0 Å². The Bertz CT molecular complexity index is 979. The van der Waals surface area contributed by atoms with Crippen LogP contribution in [0.3, 0.4) is 0 Å². The number of carbonyl (C=O) groups excluding carboxylic acids is 1. The van der Waals surface area contributed by atoms with Gasteiger partial charge in [0.15, 0.2) is 4.80 Å². The van der Waals surface area contributed by atoms with Crippen molar-refractivity contribution in [2.75, 3.05) is 0 Å². The third kappa shape index (κ3) is 3.34. The van der Waals surface area contributed by atoms with Gasteiger partial charge in [-0.15, -0.1) is 0 Å². The molecule has 124 valence electrons. The number of amides is 1. The normalized spacial score (nSPS) is 12.1. The molecule has 0 radical (unpaired) electrons. The first-order chi connectivity index (χ1) is 11.5. The van der Waals surface area contributed by atoms with Gasteiger partial charge < -0.3 is 4.57 Å². The van der Waals surface area contributed by atoms with Gasteiger partial charge in [0, 0.05) is 7.05 Å². The van der Waals surface area contributed by atoms with Crippen LogP contribution < -0.4 is 4.80 Å². The average molecular weight is 338 g/mol. The molecule has 0 unspecified atom stereocenters. The van der Waals surface area contributed by atoms with Gasteiger partial charge in [0.2, 0.25) is 0 Å². The molecule has 3 rings (SSSR count). The van der Waals surface area contributed by atoms with Gasteiger partial charge >= 0.3 is 0 Å². The minimum Gasteiger partial charge on any atom is -0.319 e. The molecule has 4 heteroatoms. The Labute approximate surface area is 146 Å². The topological polar surface area (TPSA) is 34.4 Å². The molecular weight excluding hydrogens is 316 g/mol. The lowest BCUT2D eigenvalue weighted by atomic mass is 10.0. The van der Waals surface area contributed by atoms with Crippen molar-refractivity contribution in [2.24, 2.45) is 12.0 Å². The monoisotopic (exact) mass is 338 g/mol. The minimum absolute atomic E-state index is 0.0974. The van der Waals surface area contributed by atoms with Gasteiger partial charge in [-0.3, -0.25) is 4.79 Å². The Hall–Kier alpha value is -2.20. The van der Waals surface area contributed by atoms with E-state index in [1.54, 1.807) is 11.3 Å². The first-order valence-electron chi connectivity index (χ1n) is 8.20. The summed E-state index contributed by atoms with van der Waals surface area (Å²) in [6.07, 6.45) is 1.36. The van der Waals surface area contributed by atoms with Crippen molar-refractivity contribution >= 4 is 27.5 Å². The standard InChI is InChI=1S/C20H22N2OS/c1-5-15-7-9-17-18(11-15)24-20(22(17)4)21-19(23)12-16-8-6-13(2)10-14(16)3/h6-11H,5,12H2,1-4H3. The number of benzene rings is 2. The molecule has 1 aromatic heterocycles. The van der Waals surface area contributed by atoms with Gasteiger partial charge in [0.25, 0.3) is 5.91 Å². The fraction of sp³-hybridized carbons (Fsp3) is 0.300. The molecule has 0 N–H and O–H groups in total. The Kier molecular flexibility index (Phi) is 4.67. The van der Waals surface area contributed by atoms with Gasteiger partial charge in [-0.2, -0.15) is 4.99 Å². The average Bonchev–Trinajstić information content (AvgIpc) is 2.85. The van der Waals surface area contributed by atoms with Gasteiger partial charge in [0.1, 0.15) is 0 Å². The smallest absolute Gasteiger partial charge is 0.252 e. The van der Waals surface area contributed by atoms with Gasteiger partial charge in [-0.25, -0.2) is 0 Å². The van der Waals surface area contributed by atoms with Crippen LogP contribution in [0.1, 0.15) is 29.2 Å². The third-order valence-corrected chi connectivity index (χ3v) is 5.44. The summed E-state index contributed by atoms with van der Waals surface area (Å²) in [7, 11) is 1.97. The van der Waals surface area contributed by atoms with E-state index in [4.69, 9.17) is 0 Å². The Balaban J connectivity index is 1.94. The van der Waals surface area contributed by atoms with Crippen LogP contribution in [0, 0.1) is 13.8 Å². The number of carbonyl (C=O) groups is 1. The van der Waals surface area contributed by atoms with Crippen molar-refractivity contribution in [1.82, 2.24) is 4.57 Å². The van der Waals surface area contributed by atoms with Crippen LogP contribution in [-0.4, -0.2) is 10.5 Å². The molecule has 0 aliphatic rings. The quantitative estimate of drug-likeness (QED) is 0.708. The van der Waals surface area contributed by atoms with E-state index in [0.29, 0.717) is 6.42 Å². The molecule has 0 spiro atoms. The molecule has 0 bridgehead atoms. The molecule has 24 heavy (non-hydrogen) atoms. The molecule has 3 nitrogen and oxygen atoms in total. The molecular formula is C20H22N2OS. The molecule has 0 aliphatic heterocycles. The highest BCUT2D eigenvalue weighted by Crippen LogP contribution is 2.19. The molecule has 1 amide bonds. The lowest BCUT2D eigenvalue weighted by Gasteiger charge is -2.04. The van der Waals surface area contributed by atoms with Crippen LogP contribution in [0.15, 0.2) is 41.4 Å². The van der Waals surface area contributed by atoms with Gasteiger partial charge in [0.05, 0.1) is 16.6 Å². The summed E-state index contributed by atoms with van der Waals surface area (Å²) >= 11 is 1.57. The lowest BCUT2D eigenvalue weighted by molar-refractivity contribution is -0.117. The number of rotatable bonds is 3. The minimum atomic E-state index is -0.0974. The van der Waals surface area contributed by atoms with E-state index in [1.165, 1.54) is 15.8 Å². The summed E-state index contributed by atoms with van der Waals surface area (Å²) in [5.41, 5.74) is 5.83. The van der Waals surface area contributed by atoms with E-state index in [2.05, 4.69) is 43.1 Å². The highest BCUT2D eigenvalue weighted by atomic mass is 32.1. The Morgan fingerprint density at radius 2 is 1.96 bits per heavy atom. The molecule has 0 fully saturated rings. The second-order valence-electron chi connectivity index (χ2n) is 6.21. The number of thiazole rings is 1. The SMILES string of the molecule is CCc1ccc2c(c1)sc(=NC(=O)Cc1ccc(C)cc1C)n2C. The van der Waals surface area contributed by atoms with Crippen molar-refractivity contribution in [3.8, 4) is 0 Å². The Morgan fingerprint density at radius 1 is 1.17 bits per heavy atom. The zero-order valence-electron chi connectivity index (χ0n) is 14.6. The van der Waals surface area contributed by atoms with Crippen molar-refractivity contribution in [2.45, 2.75) is 33.6 Å². The first-order valence-corrected chi connectivity index (χ1v) is 9.01. The fourth-order valence-corrected chi connectivity index (χ4v) is 3.96. The number of hydrogen-bond acceptors (Lipinski definition) is 2. The fourth-order valence-electron chi connectivity index (χ4n) is 2.86. The van der Waals surface area contributed by atoms with E-state index in [-0.39, 0.29) is 5.91 Å². The summed E-state index contributed by atoms with van der Waals surface area (Å²) in [5.74, 6) is -0.0974. The first kappa shape index (κ1) is 16.7. The molecule has 3 aromatic rings. The zero-order valence-corrected chi connectivity index (χ0v) is 15.4. The summed E-state index contributed by atoms with van der Waals surface area (Å²) in [6.45, 7) is 6.25. The molecule has 0 aliphatic carbocycles. The van der Waals surface area contributed by atoms with Crippen LogP contribution in [0.25, 0.3) is 10.2 Å². The second kappa shape index (κ2) is 6.73. The maximum atomic E-state index is 12.4. The van der Waals surface area contributed by atoms with E-state index in [1.807, 2.05) is 30.7 Å². The van der Waals surface area contributed by atoms with Gasteiger partial charge in [-0.1, -0.05) is 48.1 Å². The predicted molar refractivity (Wildman–Crippen MR) is 100 cm³/mol. The highest BCUT2D eigenvalue weighted by molar-refractivity contribution is 7.16. The maximum absolute atomic E-state index is 12.4. The van der Waals surface area contributed by atoms with Crippen molar-refractivity contribution in [3.63, 3.8) is 0 Å². The molecule has 1 heterocycles. The highest BCUT2D eigenvalue weighted by Gasteiger charge is 2.08.